The molecule has 0 unspecified atom stereocenters. The lowest BCUT2D eigenvalue weighted by Crippen LogP contribution is -2.29. The van der Waals surface area contributed by atoms with Crippen molar-refractivity contribution in [3.8, 4) is 11.4 Å². The zero-order chi connectivity index (χ0) is 22.5. The summed E-state index contributed by atoms with van der Waals surface area (Å²) in [4.78, 5) is 18.9. The summed E-state index contributed by atoms with van der Waals surface area (Å²) in [6, 6.07) is 12.3. The lowest BCUT2D eigenvalue weighted by atomic mass is 10.0. The molecule has 0 aliphatic carbocycles. The number of ether oxygens (including phenoxy) is 1. The second-order valence-corrected chi connectivity index (χ2v) is 7.81. The van der Waals surface area contributed by atoms with Gasteiger partial charge < -0.3 is 14.2 Å². The van der Waals surface area contributed by atoms with Crippen LogP contribution in [0.5, 0.6) is 5.75 Å². The third-order valence-corrected chi connectivity index (χ3v) is 5.57. The Morgan fingerprint density at radius 3 is 2.72 bits per heavy atom. The van der Waals surface area contributed by atoms with Crippen LogP contribution in [0.25, 0.3) is 17.3 Å². The maximum Gasteiger partial charge on any atom is 0.246 e. The first-order valence-electron chi connectivity index (χ1n) is 10.6. The molecule has 0 saturated heterocycles. The van der Waals surface area contributed by atoms with Crippen molar-refractivity contribution in [3.05, 3.63) is 89.8 Å². The van der Waals surface area contributed by atoms with Gasteiger partial charge in [0.15, 0.2) is 0 Å². The molecule has 1 amide bonds. The quantitative estimate of drug-likeness (QED) is 0.531. The highest BCUT2D eigenvalue weighted by molar-refractivity contribution is 5.92. The molecule has 0 bridgehead atoms. The molecule has 1 aliphatic rings. The zero-order valence-corrected chi connectivity index (χ0v) is 18.3. The molecule has 1 aliphatic heterocycles. The van der Waals surface area contributed by atoms with Crippen LogP contribution >= 0.6 is 0 Å². The van der Waals surface area contributed by atoms with E-state index in [4.69, 9.17) is 4.74 Å². The Balaban J connectivity index is 1.45. The molecule has 0 radical (unpaired) electrons. The fraction of sp³-hybridized carbons (Fsp3) is 0.231. The maximum absolute atomic E-state index is 13.2. The summed E-state index contributed by atoms with van der Waals surface area (Å²) in [6.45, 7) is 3.16. The van der Waals surface area contributed by atoms with E-state index in [-0.39, 0.29) is 11.7 Å². The number of aromatic nitrogens is 2. The van der Waals surface area contributed by atoms with Crippen LogP contribution in [0, 0.1) is 12.7 Å². The molecule has 5 nitrogen and oxygen atoms in total. The molecule has 32 heavy (non-hydrogen) atoms. The summed E-state index contributed by atoms with van der Waals surface area (Å²) in [5, 5.41) is 0. The first-order valence-corrected chi connectivity index (χ1v) is 10.6. The molecule has 0 fully saturated rings. The molecule has 1 aromatic heterocycles. The van der Waals surface area contributed by atoms with Crippen LogP contribution in [0.1, 0.15) is 29.7 Å². The molecule has 2 heterocycles. The molecular weight excluding hydrogens is 405 g/mol. The number of imidazole rings is 1. The molecule has 2 aromatic carbocycles. The first kappa shape index (κ1) is 21.6. The second-order valence-electron chi connectivity index (χ2n) is 7.81. The van der Waals surface area contributed by atoms with Crippen LogP contribution in [-0.4, -0.2) is 40.6 Å². The minimum absolute atomic E-state index is 0.0325. The van der Waals surface area contributed by atoms with Gasteiger partial charge in [-0.3, -0.25) is 4.79 Å². The van der Waals surface area contributed by atoms with E-state index in [0.29, 0.717) is 18.8 Å². The third kappa shape index (κ3) is 4.97. The van der Waals surface area contributed by atoms with E-state index in [0.717, 1.165) is 40.9 Å². The lowest BCUT2D eigenvalue weighted by molar-refractivity contribution is -0.125. The largest absolute Gasteiger partial charge is 0.495 e. The topological polar surface area (TPSA) is 47.4 Å². The van der Waals surface area contributed by atoms with Gasteiger partial charge in [0, 0.05) is 25.4 Å². The van der Waals surface area contributed by atoms with Crippen molar-refractivity contribution >= 4 is 17.6 Å². The van der Waals surface area contributed by atoms with Gasteiger partial charge in [-0.1, -0.05) is 24.3 Å². The Morgan fingerprint density at radius 1 is 1.19 bits per heavy atom. The Bertz CT molecular complexity index is 1160. The van der Waals surface area contributed by atoms with E-state index in [2.05, 4.69) is 11.1 Å². The Morgan fingerprint density at radius 2 is 2.00 bits per heavy atom. The number of methoxy groups -OCH3 is 1. The maximum atomic E-state index is 13.2. The van der Waals surface area contributed by atoms with Crippen LogP contribution in [0.4, 0.5) is 4.39 Å². The number of hydrogen-bond acceptors (Lipinski definition) is 3. The van der Waals surface area contributed by atoms with E-state index in [1.165, 1.54) is 12.1 Å². The normalized spacial score (nSPS) is 14.3. The van der Waals surface area contributed by atoms with E-state index < -0.39 is 0 Å². The first-order chi connectivity index (χ1) is 15.5. The molecule has 6 heteroatoms. The van der Waals surface area contributed by atoms with Crippen molar-refractivity contribution in [2.75, 3.05) is 20.2 Å². The van der Waals surface area contributed by atoms with Gasteiger partial charge in [0.25, 0.3) is 0 Å². The van der Waals surface area contributed by atoms with E-state index in [9.17, 15) is 9.18 Å². The number of aryl methyl sites for hydroxylation is 1. The van der Waals surface area contributed by atoms with Gasteiger partial charge in [0.2, 0.25) is 5.91 Å². The van der Waals surface area contributed by atoms with Crippen molar-refractivity contribution in [2.45, 2.75) is 19.8 Å². The van der Waals surface area contributed by atoms with E-state index in [1.807, 2.05) is 46.9 Å². The molecule has 0 spiro atoms. The van der Waals surface area contributed by atoms with Gasteiger partial charge in [-0.25, -0.2) is 9.37 Å². The van der Waals surface area contributed by atoms with Crippen LogP contribution in [0.15, 0.2) is 67.1 Å². The number of benzene rings is 2. The molecular formula is C26H26FN3O2. The predicted octanol–water partition coefficient (Wildman–Crippen LogP) is 5.05. The van der Waals surface area contributed by atoms with E-state index >= 15 is 0 Å². The highest BCUT2D eigenvalue weighted by Crippen LogP contribution is 2.26. The number of halogens is 1. The molecule has 0 atom stereocenters. The minimum Gasteiger partial charge on any atom is -0.495 e. The number of carbonyl (C=O) groups is 1. The van der Waals surface area contributed by atoms with Crippen molar-refractivity contribution < 1.29 is 13.9 Å². The van der Waals surface area contributed by atoms with Gasteiger partial charge in [0.1, 0.15) is 11.6 Å². The van der Waals surface area contributed by atoms with Gasteiger partial charge >= 0.3 is 0 Å². The molecule has 3 aromatic rings. The van der Waals surface area contributed by atoms with Crippen molar-refractivity contribution in [1.82, 2.24) is 14.5 Å². The zero-order valence-electron chi connectivity index (χ0n) is 18.3. The second kappa shape index (κ2) is 9.64. The Kier molecular flexibility index (Phi) is 6.50. The Hall–Kier alpha value is -3.67. The van der Waals surface area contributed by atoms with Gasteiger partial charge in [-0.15, -0.1) is 0 Å². The lowest BCUT2D eigenvalue weighted by Gasteiger charge is -2.17. The van der Waals surface area contributed by atoms with Crippen LogP contribution in [-0.2, 0) is 4.79 Å². The van der Waals surface area contributed by atoms with Crippen LogP contribution in [0.3, 0.4) is 0 Å². The minimum atomic E-state index is -0.241. The fourth-order valence-corrected chi connectivity index (χ4v) is 3.84. The number of rotatable bonds is 5. The summed E-state index contributed by atoms with van der Waals surface area (Å²) in [5.41, 5.74) is 4.86. The van der Waals surface area contributed by atoms with Crippen molar-refractivity contribution in [2.24, 2.45) is 0 Å². The molecule has 0 saturated carbocycles. The smallest absolute Gasteiger partial charge is 0.246 e. The van der Waals surface area contributed by atoms with Crippen molar-refractivity contribution in [3.63, 3.8) is 0 Å². The summed E-state index contributed by atoms with van der Waals surface area (Å²) < 4.78 is 20.6. The molecule has 164 valence electrons. The average Bonchev–Trinajstić information content (AvgIpc) is 3.09. The summed E-state index contributed by atoms with van der Waals surface area (Å²) in [5.74, 6) is 0.434. The summed E-state index contributed by atoms with van der Waals surface area (Å²) >= 11 is 0. The third-order valence-electron chi connectivity index (χ3n) is 5.57. The predicted molar refractivity (Wildman–Crippen MR) is 124 cm³/mol. The van der Waals surface area contributed by atoms with Gasteiger partial charge in [0.05, 0.1) is 24.8 Å². The van der Waals surface area contributed by atoms with Crippen LogP contribution in [0.2, 0.25) is 0 Å². The number of hydrogen-bond donors (Lipinski definition) is 0. The van der Waals surface area contributed by atoms with Crippen LogP contribution < -0.4 is 4.74 Å². The van der Waals surface area contributed by atoms with Gasteiger partial charge in [-0.05, 0) is 66.8 Å². The van der Waals surface area contributed by atoms with E-state index in [1.54, 1.807) is 31.6 Å². The average molecular weight is 432 g/mol. The summed E-state index contributed by atoms with van der Waals surface area (Å²) in [6.07, 6.45) is 10.9. The molecule has 4 rings (SSSR count). The summed E-state index contributed by atoms with van der Waals surface area (Å²) in [7, 11) is 1.63. The fourth-order valence-electron chi connectivity index (χ4n) is 3.84. The number of amides is 1. The number of carbonyl (C=O) groups excluding carboxylic acids is 1. The number of nitrogens with zero attached hydrogens (tertiary/aromatic N) is 3. The number of allylic oxidation sites excluding steroid dienone is 1. The standard InChI is InChI=1S/C26H26FN3O2/c1-19-17-30(18-28-19)24-11-5-20(16-25(24)32-2)6-12-26(31)29-14-3-4-21(13-15-29)22-7-9-23(27)10-8-22/h5-13,16-18H,3-4,14-15H2,1-2H3. The molecule has 0 N–H and O–H groups in total. The SMILES string of the molecule is COc1cc(C=CC(=O)N2CC=C(c3ccc(F)cc3)CCC2)ccc1-n1cnc(C)c1. The Labute approximate surface area is 187 Å². The highest BCUT2D eigenvalue weighted by atomic mass is 19.1. The van der Waals surface area contributed by atoms with Crippen molar-refractivity contribution in [1.29, 1.82) is 0 Å². The monoisotopic (exact) mass is 431 g/mol. The van der Waals surface area contributed by atoms with Gasteiger partial charge in [-0.2, -0.15) is 0 Å². The highest BCUT2D eigenvalue weighted by Gasteiger charge is 2.15.